The Bertz CT molecular complexity index is 1490. The molecule has 0 bridgehead atoms. The van der Waals surface area contributed by atoms with E-state index in [1.807, 2.05) is 0 Å². The fourth-order valence-corrected chi connectivity index (χ4v) is 3.65. The molecule has 0 fully saturated rings. The van der Waals surface area contributed by atoms with Gasteiger partial charge in [-0.3, -0.25) is 4.79 Å². The first-order chi connectivity index (χ1) is 16.2. The summed E-state index contributed by atoms with van der Waals surface area (Å²) in [6.07, 6.45) is 1.73. The Morgan fingerprint density at radius 2 is 1.74 bits per heavy atom. The Balaban J connectivity index is 1.54. The lowest BCUT2D eigenvalue weighted by molar-refractivity contribution is 0.0685. The molecule has 11 heteroatoms. The number of H-pyrrole nitrogens is 1. The minimum absolute atomic E-state index is 0.107. The minimum Gasteiger partial charge on any atom is -0.478 e. The van der Waals surface area contributed by atoms with Crippen LogP contribution in [0.4, 0.5) is 10.5 Å². The van der Waals surface area contributed by atoms with E-state index in [0.29, 0.717) is 33.0 Å². The summed E-state index contributed by atoms with van der Waals surface area (Å²) in [7, 11) is 0. The normalized spacial score (nSPS) is 10.7. The number of carboxylic acids is 2. The summed E-state index contributed by atoms with van der Waals surface area (Å²) >= 11 is 6.43. The maximum absolute atomic E-state index is 12.3. The molecule has 0 aliphatic carbocycles. The molecule has 0 atom stereocenters. The van der Waals surface area contributed by atoms with Crippen LogP contribution in [0.5, 0.6) is 0 Å². The molecule has 2 amide bonds. The highest BCUT2D eigenvalue weighted by atomic mass is 35.5. The van der Waals surface area contributed by atoms with E-state index >= 15 is 0 Å². The van der Waals surface area contributed by atoms with Gasteiger partial charge in [-0.25, -0.2) is 14.4 Å². The number of pyridine rings is 1. The summed E-state index contributed by atoms with van der Waals surface area (Å²) in [6.45, 7) is 0.131. The number of aromatic nitrogens is 2. The standard InChI is InChI=1S/C23H17ClN4O6/c24-17-10-18-13(8-16(22(32)33)20(29)27-18)9-19(17)28-7-1-2-15(28)11-25-23(34)26-14-5-3-12(4-6-14)21(30)31/h1-10H,11H2,(H,27,29)(H,30,31)(H,32,33)(H2,25,26,34). The Morgan fingerprint density at radius 1 is 1.00 bits per heavy atom. The van der Waals surface area contributed by atoms with Gasteiger partial charge >= 0.3 is 18.0 Å². The number of aromatic amines is 1. The van der Waals surface area contributed by atoms with E-state index in [1.54, 1.807) is 29.0 Å². The zero-order valence-corrected chi connectivity index (χ0v) is 18.1. The number of fused-ring (bicyclic) bond motifs is 1. The number of amides is 2. The van der Waals surface area contributed by atoms with Crippen LogP contribution in [0.1, 0.15) is 26.4 Å². The van der Waals surface area contributed by atoms with Gasteiger partial charge < -0.3 is 30.4 Å². The molecule has 0 saturated heterocycles. The molecule has 0 aliphatic rings. The predicted molar refractivity (Wildman–Crippen MR) is 125 cm³/mol. The van der Waals surface area contributed by atoms with Gasteiger partial charge in [0.1, 0.15) is 5.56 Å². The van der Waals surface area contributed by atoms with Gasteiger partial charge in [0.25, 0.3) is 5.56 Å². The molecule has 0 aliphatic heterocycles. The van der Waals surface area contributed by atoms with E-state index in [0.717, 1.165) is 0 Å². The van der Waals surface area contributed by atoms with E-state index in [4.69, 9.17) is 16.7 Å². The number of hydrogen-bond acceptors (Lipinski definition) is 4. The highest BCUT2D eigenvalue weighted by molar-refractivity contribution is 6.33. The van der Waals surface area contributed by atoms with Gasteiger partial charge in [0, 0.05) is 28.5 Å². The molecular formula is C23H17ClN4O6. The summed E-state index contributed by atoms with van der Waals surface area (Å²) in [6, 6.07) is 13.2. The van der Waals surface area contributed by atoms with Crippen molar-refractivity contribution in [2.24, 2.45) is 0 Å². The van der Waals surface area contributed by atoms with Crippen molar-refractivity contribution in [3.63, 3.8) is 0 Å². The molecule has 2 aromatic carbocycles. The fraction of sp³-hybridized carbons (Fsp3) is 0.0435. The van der Waals surface area contributed by atoms with Crippen molar-refractivity contribution in [1.29, 1.82) is 0 Å². The molecule has 4 aromatic rings. The Kier molecular flexibility index (Phi) is 6.07. The van der Waals surface area contributed by atoms with Crippen molar-refractivity contribution in [3.8, 4) is 5.69 Å². The van der Waals surface area contributed by atoms with Crippen LogP contribution in [0.15, 0.2) is 65.6 Å². The van der Waals surface area contributed by atoms with Crippen molar-refractivity contribution < 1.29 is 24.6 Å². The molecule has 4 rings (SSSR count). The molecule has 0 spiro atoms. The number of urea groups is 1. The maximum Gasteiger partial charge on any atom is 0.341 e. The second kappa shape index (κ2) is 9.12. The SMILES string of the molecule is O=C(NCc1cccn1-c1cc2cc(C(=O)O)c(=O)[nH]c2cc1Cl)Nc1ccc(C(=O)O)cc1. The number of anilines is 1. The first-order valence-corrected chi connectivity index (χ1v) is 10.3. The molecule has 10 nitrogen and oxygen atoms in total. The minimum atomic E-state index is -1.34. The number of nitrogens with one attached hydrogen (secondary N) is 3. The van der Waals surface area contributed by atoms with Gasteiger partial charge in [-0.2, -0.15) is 0 Å². The number of nitrogens with zero attached hydrogens (tertiary/aromatic N) is 1. The van der Waals surface area contributed by atoms with Gasteiger partial charge in [0.05, 0.1) is 22.8 Å². The van der Waals surface area contributed by atoms with Crippen LogP contribution in [0.25, 0.3) is 16.6 Å². The number of benzene rings is 2. The molecular weight excluding hydrogens is 464 g/mol. The lowest BCUT2D eigenvalue weighted by Gasteiger charge is -2.14. The molecule has 0 saturated carbocycles. The van der Waals surface area contributed by atoms with Crippen LogP contribution in [0, 0.1) is 0 Å². The Labute approximate surface area is 196 Å². The maximum atomic E-state index is 12.3. The third kappa shape index (κ3) is 4.62. The Morgan fingerprint density at radius 3 is 2.41 bits per heavy atom. The number of carbonyl (C=O) groups excluding carboxylic acids is 1. The first-order valence-electron chi connectivity index (χ1n) is 9.87. The van der Waals surface area contributed by atoms with Gasteiger partial charge in [-0.15, -0.1) is 0 Å². The van der Waals surface area contributed by atoms with Crippen LogP contribution < -0.4 is 16.2 Å². The quantitative estimate of drug-likeness (QED) is 0.283. The lowest BCUT2D eigenvalue weighted by atomic mass is 10.1. The zero-order chi connectivity index (χ0) is 24.4. The third-order valence-corrected chi connectivity index (χ3v) is 5.36. The van der Waals surface area contributed by atoms with Crippen molar-refractivity contribution in [2.75, 3.05) is 5.32 Å². The summed E-state index contributed by atoms with van der Waals surface area (Å²) in [4.78, 5) is 48.9. The van der Waals surface area contributed by atoms with E-state index in [1.165, 1.54) is 36.4 Å². The largest absolute Gasteiger partial charge is 0.478 e. The summed E-state index contributed by atoms with van der Waals surface area (Å²) < 4.78 is 1.73. The molecule has 5 N–H and O–H groups in total. The van der Waals surface area contributed by atoms with Crippen molar-refractivity contribution in [1.82, 2.24) is 14.9 Å². The van der Waals surface area contributed by atoms with Gasteiger partial charge in [-0.1, -0.05) is 11.6 Å². The lowest BCUT2D eigenvalue weighted by Crippen LogP contribution is -2.29. The second-order valence-corrected chi connectivity index (χ2v) is 7.68. The number of halogens is 1. The highest BCUT2D eigenvalue weighted by Crippen LogP contribution is 2.27. The molecule has 172 valence electrons. The monoisotopic (exact) mass is 480 g/mol. The smallest absolute Gasteiger partial charge is 0.341 e. The first kappa shape index (κ1) is 22.6. The van der Waals surface area contributed by atoms with Crippen molar-refractivity contribution >= 4 is 46.2 Å². The van der Waals surface area contributed by atoms with Crippen molar-refractivity contribution in [2.45, 2.75) is 6.54 Å². The molecule has 0 unspecified atom stereocenters. The summed E-state index contributed by atoms with van der Waals surface area (Å²) in [5, 5.41) is 24.3. The van der Waals surface area contributed by atoms with E-state index in [9.17, 15) is 24.3 Å². The van der Waals surface area contributed by atoms with E-state index in [2.05, 4.69) is 15.6 Å². The van der Waals surface area contributed by atoms with Crippen LogP contribution in [0.3, 0.4) is 0 Å². The average molecular weight is 481 g/mol. The second-order valence-electron chi connectivity index (χ2n) is 7.27. The number of rotatable bonds is 6. The number of aromatic carboxylic acids is 2. The number of hydrogen-bond donors (Lipinski definition) is 5. The van der Waals surface area contributed by atoms with Crippen LogP contribution >= 0.6 is 11.6 Å². The molecule has 2 heterocycles. The van der Waals surface area contributed by atoms with E-state index in [-0.39, 0.29) is 17.7 Å². The van der Waals surface area contributed by atoms with Gasteiger partial charge in [0.2, 0.25) is 0 Å². The molecule has 34 heavy (non-hydrogen) atoms. The van der Waals surface area contributed by atoms with Crippen molar-refractivity contribution in [3.05, 3.63) is 93.0 Å². The summed E-state index contributed by atoms with van der Waals surface area (Å²) in [5.74, 6) is -2.40. The van der Waals surface area contributed by atoms with Crippen LogP contribution in [-0.4, -0.2) is 37.7 Å². The fourth-order valence-electron chi connectivity index (χ4n) is 3.40. The van der Waals surface area contributed by atoms with E-state index < -0.39 is 23.5 Å². The average Bonchev–Trinajstić information content (AvgIpc) is 3.25. The zero-order valence-electron chi connectivity index (χ0n) is 17.3. The van der Waals surface area contributed by atoms with Gasteiger partial charge in [-0.05, 0) is 54.6 Å². The molecule has 2 aromatic heterocycles. The summed E-state index contributed by atoms with van der Waals surface area (Å²) in [5.41, 5.74) is 1.03. The third-order valence-electron chi connectivity index (χ3n) is 5.05. The van der Waals surface area contributed by atoms with Crippen LogP contribution in [-0.2, 0) is 6.54 Å². The number of carbonyl (C=O) groups is 3. The topological polar surface area (TPSA) is 154 Å². The highest BCUT2D eigenvalue weighted by Gasteiger charge is 2.14. The molecule has 0 radical (unpaired) electrons. The van der Waals surface area contributed by atoms with Gasteiger partial charge in [0.15, 0.2) is 0 Å². The number of carboxylic acid groups (broad SMARTS) is 2. The van der Waals surface area contributed by atoms with Crippen LogP contribution in [0.2, 0.25) is 5.02 Å². The predicted octanol–water partition coefficient (Wildman–Crippen LogP) is 3.69. The Hall–Kier alpha value is -4.57.